The van der Waals surface area contributed by atoms with Crippen LogP contribution in [-0.2, 0) is 4.79 Å². The van der Waals surface area contributed by atoms with Crippen LogP contribution in [0.3, 0.4) is 0 Å². The summed E-state index contributed by atoms with van der Waals surface area (Å²) >= 11 is 1.40. The Hall–Kier alpha value is -3.25. The number of carbonyl (C=O) groups excluding carboxylic acids is 2. The normalized spacial score (nSPS) is 18.2. The van der Waals surface area contributed by atoms with Crippen molar-refractivity contribution in [3.63, 3.8) is 0 Å². The summed E-state index contributed by atoms with van der Waals surface area (Å²) in [5.41, 5.74) is 6.20. The summed E-state index contributed by atoms with van der Waals surface area (Å²) in [7, 11) is 0. The minimum absolute atomic E-state index is 0.0104. The van der Waals surface area contributed by atoms with Crippen molar-refractivity contribution in [2.45, 2.75) is 19.3 Å². The monoisotopic (exact) mass is 403 g/mol. The Kier molecular flexibility index (Phi) is 5.53. The highest BCUT2D eigenvalue weighted by Gasteiger charge is 2.43. The Morgan fingerprint density at radius 3 is 2.45 bits per heavy atom. The van der Waals surface area contributed by atoms with Crippen molar-refractivity contribution in [1.29, 1.82) is 0 Å². The first-order chi connectivity index (χ1) is 14.1. The van der Waals surface area contributed by atoms with E-state index in [4.69, 9.17) is 0 Å². The van der Waals surface area contributed by atoms with Crippen LogP contribution in [0.2, 0.25) is 0 Å². The number of amides is 2. The highest BCUT2D eigenvalue weighted by atomic mass is 32.1. The molecule has 1 fully saturated rings. The molecule has 1 aromatic heterocycles. The second-order valence-electron chi connectivity index (χ2n) is 7.04. The number of thiophene rings is 1. The van der Waals surface area contributed by atoms with E-state index in [0.29, 0.717) is 16.3 Å². The van der Waals surface area contributed by atoms with Gasteiger partial charge in [0, 0.05) is 11.6 Å². The Labute approximate surface area is 173 Å². The topological polar surface area (TPSA) is 70.6 Å². The molecule has 6 heteroatoms. The Morgan fingerprint density at radius 2 is 1.76 bits per heavy atom. The van der Waals surface area contributed by atoms with Crippen molar-refractivity contribution in [2.75, 3.05) is 5.32 Å². The van der Waals surface area contributed by atoms with Gasteiger partial charge in [0.1, 0.15) is 0 Å². The molecule has 1 saturated carbocycles. The average Bonchev–Trinajstić information content (AvgIpc) is 3.37. The molecule has 29 heavy (non-hydrogen) atoms. The van der Waals surface area contributed by atoms with Crippen molar-refractivity contribution in [1.82, 2.24) is 5.43 Å². The van der Waals surface area contributed by atoms with Crippen LogP contribution in [0.25, 0.3) is 0 Å². The molecule has 2 unspecified atom stereocenters. The van der Waals surface area contributed by atoms with E-state index in [2.05, 4.69) is 28.0 Å². The first-order valence-corrected chi connectivity index (χ1v) is 10.3. The fraction of sp³-hybridized carbons (Fsp3) is 0.174. The Balaban J connectivity index is 1.32. The largest absolute Gasteiger partial charge is 0.321 e. The van der Waals surface area contributed by atoms with Gasteiger partial charge in [0.15, 0.2) is 0 Å². The lowest BCUT2D eigenvalue weighted by Gasteiger charge is -2.06. The van der Waals surface area contributed by atoms with E-state index in [9.17, 15) is 9.59 Å². The third-order valence-corrected chi connectivity index (χ3v) is 5.86. The summed E-state index contributed by atoms with van der Waals surface area (Å²) in [4.78, 5) is 25.1. The van der Waals surface area contributed by atoms with Gasteiger partial charge in [0.2, 0.25) is 5.91 Å². The van der Waals surface area contributed by atoms with Gasteiger partial charge in [-0.05, 0) is 54.0 Å². The first-order valence-electron chi connectivity index (χ1n) is 9.46. The molecular weight excluding hydrogens is 382 g/mol. The van der Waals surface area contributed by atoms with Crippen LogP contribution in [0.4, 0.5) is 5.69 Å². The number of carbonyl (C=O) groups is 2. The zero-order valence-corrected chi connectivity index (χ0v) is 16.8. The summed E-state index contributed by atoms with van der Waals surface area (Å²) < 4.78 is 0. The summed E-state index contributed by atoms with van der Waals surface area (Å²) in [6, 6.07) is 21.1. The molecule has 0 aliphatic heterocycles. The summed E-state index contributed by atoms with van der Waals surface area (Å²) in [5, 5.41) is 8.98. The van der Waals surface area contributed by atoms with Gasteiger partial charge in [-0.2, -0.15) is 5.10 Å². The second kappa shape index (κ2) is 8.41. The predicted molar refractivity (Wildman–Crippen MR) is 116 cm³/mol. The molecular formula is C23H21N3O2S. The number of hydrogen-bond acceptors (Lipinski definition) is 4. The minimum Gasteiger partial charge on any atom is -0.321 e. The second-order valence-corrected chi connectivity index (χ2v) is 7.99. The molecule has 1 heterocycles. The fourth-order valence-electron chi connectivity index (χ4n) is 3.24. The van der Waals surface area contributed by atoms with Crippen molar-refractivity contribution in [2.24, 2.45) is 11.0 Å². The molecule has 2 amide bonds. The number of hydrazone groups is 1. The molecule has 2 aromatic carbocycles. The predicted octanol–water partition coefficient (Wildman–Crippen LogP) is 4.64. The molecule has 0 saturated heterocycles. The molecule has 0 bridgehead atoms. The molecule has 1 aliphatic carbocycles. The van der Waals surface area contributed by atoms with Gasteiger partial charge in [-0.15, -0.1) is 11.3 Å². The van der Waals surface area contributed by atoms with Crippen molar-refractivity contribution < 1.29 is 9.59 Å². The van der Waals surface area contributed by atoms with Gasteiger partial charge < -0.3 is 5.32 Å². The zero-order chi connectivity index (χ0) is 20.2. The molecule has 3 aromatic rings. The van der Waals surface area contributed by atoms with E-state index < -0.39 is 0 Å². The highest BCUT2D eigenvalue weighted by Crippen LogP contribution is 2.47. The minimum atomic E-state index is -0.122. The third kappa shape index (κ3) is 4.60. The van der Waals surface area contributed by atoms with Crippen LogP contribution in [0, 0.1) is 5.92 Å². The van der Waals surface area contributed by atoms with Crippen LogP contribution in [0.15, 0.2) is 77.2 Å². The molecule has 1 aliphatic rings. The molecule has 0 spiro atoms. The van der Waals surface area contributed by atoms with Crippen LogP contribution in [0.5, 0.6) is 0 Å². The highest BCUT2D eigenvalue weighted by molar-refractivity contribution is 7.12. The first kappa shape index (κ1) is 19.1. The Morgan fingerprint density at radius 1 is 1.00 bits per heavy atom. The number of benzene rings is 2. The lowest BCUT2D eigenvalue weighted by Crippen LogP contribution is -2.21. The summed E-state index contributed by atoms with van der Waals surface area (Å²) in [6.07, 6.45) is 0.864. The number of hydrogen-bond donors (Lipinski definition) is 2. The zero-order valence-electron chi connectivity index (χ0n) is 16.0. The third-order valence-electron chi connectivity index (χ3n) is 4.99. The van der Waals surface area contributed by atoms with Gasteiger partial charge in [-0.25, -0.2) is 5.43 Å². The lowest BCUT2D eigenvalue weighted by atomic mass is 10.1. The molecule has 5 nitrogen and oxygen atoms in total. The van der Waals surface area contributed by atoms with Gasteiger partial charge in [-0.1, -0.05) is 48.5 Å². The summed E-state index contributed by atoms with van der Waals surface area (Å²) in [6.45, 7) is 1.85. The molecule has 2 atom stereocenters. The molecule has 4 rings (SSSR count). The van der Waals surface area contributed by atoms with Crippen molar-refractivity contribution in [3.8, 4) is 0 Å². The van der Waals surface area contributed by atoms with Gasteiger partial charge in [0.25, 0.3) is 5.91 Å². The van der Waals surface area contributed by atoms with Crippen LogP contribution < -0.4 is 10.7 Å². The van der Waals surface area contributed by atoms with Gasteiger partial charge >= 0.3 is 0 Å². The fourth-order valence-corrected chi connectivity index (χ4v) is 3.85. The standard InChI is InChI=1S/C23H21N3O2S/c1-15(25-26-22(27)20-14-19(20)17-6-3-2-4-7-17)16-9-11-18(12-10-16)24-23(28)21-8-5-13-29-21/h2-13,19-20H,14H2,1H3,(H,24,28)(H,26,27). The molecule has 146 valence electrons. The van der Waals surface area contributed by atoms with E-state index in [0.717, 1.165) is 12.0 Å². The van der Waals surface area contributed by atoms with E-state index in [1.54, 1.807) is 6.07 Å². The van der Waals surface area contributed by atoms with Crippen LogP contribution in [-0.4, -0.2) is 17.5 Å². The van der Waals surface area contributed by atoms with E-state index in [1.807, 2.05) is 60.8 Å². The quantitative estimate of drug-likeness (QED) is 0.465. The van der Waals surface area contributed by atoms with Crippen molar-refractivity contribution in [3.05, 3.63) is 88.1 Å². The molecule has 2 N–H and O–H groups in total. The lowest BCUT2D eigenvalue weighted by molar-refractivity contribution is -0.122. The smallest absolute Gasteiger partial charge is 0.265 e. The Bertz CT molecular complexity index is 1030. The van der Waals surface area contributed by atoms with E-state index in [-0.39, 0.29) is 23.7 Å². The number of nitrogens with one attached hydrogen (secondary N) is 2. The van der Waals surface area contributed by atoms with Crippen LogP contribution >= 0.6 is 11.3 Å². The molecule has 0 radical (unpaired) electrons. The van der Waals surface area contributed by atoms with E-state index in [1.165, 1.54) is 16.9 Å². The number of nitrogens with zero attached hydrogens (tertiary/aromatic N) is 1. The van der Waals surface area contributed by atoms with Crippen LogP contribution in [0.1, 0.15) is 40.1 Å². The SMILES string of the molecule is CC(=NNC(=O)C1CC1c1ccccc1)c1ccc(NC(=O)c2cccs2)cc1. The van der Waals surface area contributed by atoms with Gasteiger partial charge in [0.05, 0.1) is 10.6 Å². The van der Waals surface area contributed by atoms with Crippen molar-refractivity contribution >= 4 is 34.6 Å². The maximum absolute atomic E-state index is 12.3. The maximum atomic E-state index is 12.3. The number of anilines is 1. The summed E-state index contributed by atoms with van der Waals surface area (Å²) in [5.74, 6) is 0.113. The maximum Gasteiger partial charge on any atom is 0.265 e. The van der Waals surface area contributed by atoms with E-state index >= 15 is 0 Å². The number of rotatable bonds is 6. The average molecular weight is 404 g/mol. The van der Waals surface area contributed by atoms with Gasteiger partial charge in [-0.3, -0.25) is 9.59 Å².